The fourth-order valence-corrected chi connectivity index (χ4v) is 11.5. The first-order chi connectivity index (χ1) is 42.7. The number of nitrogens with one attached hydrogen (secondary N) is 1. The van der Waals surface area contributed by atoms with Gasteiger partial charge in [0.05, 0.1) is 25.4 Å². The van der Waals surface area contributed by atoms with Crippen molar-refractivity contribution in [2.45, 2.75) is 397 Å². The Bertz CT molecular complexity index is 1650. The van der Waals surface area contributed by atoms with Crippen molar-refractivity contribution in [3.8, 4) is 0 Å². The molecule has 0 aromatic carbocycles. The van der Waals surface area contributed by atoms with E-state index in [1.165, 1.54) is 218 Å². The molecule has 0 aromatic rings. The van der Waals surface area contributed by atoms with Crippen LogP contribution in [0, 0.1) is 0 Å². The van der Waals surface area contributed by atoms with Gasteiger partial charge in [0.25, 0.3) is 0 Å². The molecule has 0 spiro atoms. The Kier molecular flexibility index (Phi) is 60.1. The monoisotopic (exact) mass is 1230 g/mol. The SMILES string of the molecule is CCCCC/C=C\C/C=C\C/C=C\CCCCCCCCCCC(=O)OC1C(OCC(NC(=O)C(O)CCCCCCCCCCCCCCCCCC/C=C/CCCCCCCC)C(O)/C=C/CCCCCCCCCCC)OC(CO)C(O)C1O. The Morgan fingerprint density at radius 3 is 1.22 bits per heavy atom. The molecule has 1 rings (SSSR count). The van der Waals surface area contributed by atoms with Crippen LogP contribution in [0.25, 0.3) is 0 Å². The smallest absolute Gasteiger partial charge is 0.306 e. The minimum atomic E-state index is -1.62. The zero-order chi connectivity index (χ0) is 63.1. The van der Waals surface area contributed by atoms with Crippen molar-refractivity contribution in [2.75, 3.05) is 13.2 Å². The summed E-state index contributed by atoms with van der Waals surface area (Å²) in [6, 6.07) is -1.03. The number of rotatable bonds is 64. The first-order valence-corrected chi connectivity index (χ1v) is 37.1. The first kappa shape index (κ1) is 82.4. The highest BCUT2D eigenvalue weighted by molar-refractivity contribution is 5.80. The van der Waals surface area contributed by atoms with Crippen LogP contribution in [0.5, 0.6) is 0 Å². The quantitative estimate of drug-likeness (QED) is 0.0195. The number of hydrogen-bond acceptors (Lipinski definition) is 10. The summed E-state index contributed by atoms with van der Waals surface area (Å²) in [5.41, 5.74) is 0. The molecule has 1 heterocycles. The minimum absolute atomic E-state index is 0.115. The van der Waals surface area contributed by atoms with Gasteiger partial charge in [-0.3, -0.25) is 9.59 Å². The van der Waals surface area contributed by atoms with Crippen molar-refractivity contribution in [2.24, 2.45) is 0 Å². The molecule has 8 unspecified atom stereocenters. The lowest BCUT2D eigenvalue weighted by molar-refractivity contribution is -0.305. The molecule has 0 aromatic heterocycles. The fourth-order valence-electron chi connectivity index (χ4n) is 11.5. The van der Waals surface area contributed by atoms with Gasteiger partial charge in [0.1, 0.15) is 24.4 Å². The van der Waals surface area contributed by atoms with Crippen LogP contribution in [0.1, 0.15) is 348 Å². The normalized spacial score (nSPS) is 18.6. The van der Waals surface area contributed by atoms with Crippen LogP contribution < -0.4 is 5.32 Å². The van der Waals surface area contributed by atoms with E-state index in [0.29, 0.717) is 19.3 Å². The molecule has 1 saturated heterocycles. The van der Waals surface area contributed by atoms with Gasteiger partial charge in [-0.05, 0) is 89.9 Å². The van der Waals surface area contributed by atoms with Crippen LogP contribution in [0.3, 0.4) is 0 Å². The van der Waals surface area contributed by atoms with Crippen molar-refractivity contribution in [1.82, 2.24) is 5.32 Å². The Morgan fingerprint density at radius 1 is 0.448 bits per heavy atom. The summed E-state index contributed by atoms with van der Waals surface area (Å²) in [4.78, 5) is 26.7. The van der Waals surface area contributed by atoms with E-state index in [0.717, 1.165) is 83.5 Å². The molecule has 0 aliphatic carbocycles. The number of carbonyl (C=O) groups excluding carboxylic acids is 2. The standard InChI is InChI=1S/C76H139NO10/c1-4-7-10-13-16-19-22-24-26-28-30-32-33-34-35-36-38-39-41-43-45-48-51-54-57-60-63-69(80)75(84)77-67(68(79)62-59-56-53-50-47-21-18-15-12-9-6-3)66-85-76-74(73(83)72(82)70(65-78)86-76)87-71(81)64-61-58-55-52-49-46-44-42-40-37-31-29-27-25-23-20-17-14-11-8-5-2/h17,20,24-27,31,37,59,62,67-70,72-74,76,78-80,82-83H,4-16,18-19,21-23,28-30,32-36,38-58,60-61,63-66H2,1-3H3,(H,77,84)/b20-17-,26-24+,27-25-,37-31-,62-59+. The summed E-state index contributed by atoms with van der Waals surface area (Å²) in [5, 5.41) is 57.3. The fraction of sp³-hybridized carbons (Fsp3) is 0.842. The molecule has 11 heteroatoms. The van der Waals surface area contributed by atoms with E-state index in [-0.39, 0.29) is 13.0 Å². The van der Waals surface area contributed by atoms with Crippen molar-refractivity contribution in [3.63, 3.8) is 0 Å². The Balaban J connectivity index is 2.52. The molecular formula is C76H139NO10. The maximum atomic E-state index is 13.5. The number of allylic oxidation sites excluding steroid dienone is 9. The molecule has 0 bridgehead atoms. The molecule has 11 nitrogen and oxygen atoms in total. The third-order valence-electron chi connectivity index (χ3n) is 17.4. The Morgan fingerprint density at radius 2 is 0.793 bits per heavy atom. The van der Waals surface area contributed by atoms with E-state index in [9.17, 15) is 35.1 Å². The van der Waals surface area contributed by atoms with Gasteiger partial charge < -0.3 is 45.1 Å². The molecule has 87 heavy (non-hydrogen) atoms. The Labute approximate surface area is 535 Å². The largest absolute Gasteiger partial charge is 0.454 e. The van der Waals surface area contributed by atoms with Crippen LogP contribution in [0.4, 0.5) is 0 Å². The summed E-state index contributed by atoms with van der Waals surface area (Å²) in [5.74, 6) is -1.19. The van der Waals surface area contributed by atoms with Gasteiger partial charge in [-0.1, -0.05) is 313 Å². The molecule has 508 valence electrons. The summed E-state index contributed by atoms with van der Waals surface area (Å²) >= 11 is 0. The van der Waals surface area contributed by atoms with E-state index in [1.807, 2.05) is 6.08 Å². The predicted molar refractivity (Wildman–Crippen MR) is 366 cm³/mol. The Hall–Kier alpha value is -2.64. The second-order valence-electron chi connectivity index (χ2n) is 25.7. The maximum absolute atomic E-state index is 13.5. The van der Waals surface area contributed by atoms with Gasteiger partial charge in [0, 0.05) is 6.42 Å². The summed E-state index contributed by atoms with van der Waals surface area (Å²) in [6.07, 6.45) is 71.3. The zero-order valence-electron chi connectivity index (χ0n) is 56.6. The third-order valence-corrected chi connectivity index (χ3v) is 17.4. The van der Waals surface area contributed by atoms with Gasteiger partial charge in [-0.15, -0.1) is 0 Å². The molecule has 0 saturated carbocycles. The zero-order valence-corrected chi connectivity index (χ0v) is 56.6. The second-order valence-corrected chi connectivity index (χ2v) is 25.7. The maximum Gasteiger partial charge on any atom is 0.306 e. The van der Waals surface area contributed by atoms with Crippen molar-refractivity contribution in [3.05, 3.63) is 60.8 Å². The molecule has 1 fully saturated rings. The van der Waals surface area contributed by atoms with Crippen LogP contribution in [-0.4, -0.2) is 99.6 Å². The van der Waals surface area contributed by atoms with E-state index in [1.54, 1.807) is 6.08 Å². The van der Waals surface area contributed by atoms with Crippen molar-refractivity contribution in [1.29, 1.82) is 0 Å². The van der Waals surface area contributed by atoms with Gasteiger partial charge in [-0.2, -0.15) is 0 Å². The lowest BCUT2D eigenvalue weighted by atomic mass is 9.99. The van der Waals surface area contributed by atoms with Crippen molar-refractivity contribution >= 4 is 11.9 Å². The van der Waals surface area contributed by atoms with E-state index in [4.69, 9.17) is 14.2 Å². The van der Waals surface area contributed by atoms with E-state index >= 15 is 0 Å². The number of amides is 1. The number of unbranched alkanes of at least 4 members (excludes halogenated alkanes) is 42. The van der Waals surface area contributed by atoms with Crippen molar-refractivity contribution < 1.29 is 49.3 Å². The molecule has 1 aliphatic heterocycles. The second kappa shape index (κ2) is 63.5. The summed E-state index contributed by atoms with van der Waals surface area (Å²) < 4.78 is 17.7. The van der Waals surface area contributed by atoms with Crippen LogP contribution in [0.15, 0.2) is 60.8 Å². The molecule has 6 N–H and O–H groups in total. The topological polar surface area (TPSA) is 175 Å². The highest BCUT2D eigenvalue weighted by Gasteiger charge is 2.47. The summed E-state index contributed by atoms with van der Waals surface area (Å²) in [6.45, 7) is 5.79. The molecule has 1 amide bonds. The van der Waals surface area contributed by atoms with Gasteiger partial charge in [-0.25, -0.2) is 0 Å². The average Bonchev–Trinajstić information content (AvgIpc) is 3.60. The highest BCUT2D eigenvalue weighted by Crippen LogP contribution is 2.26. The molecule has 8 atom stereocenters. The highest BCUT2D eigenvalue weighted by atomic mass is 16.7. The van der Waals surface area contributed by atoms with E-state index in [2.05, 4.69) is 74.7 Å². The molecule has 0 radical (unpaired) electrons. The number of hydrogen-bond donors (Lipinski definition) is 6. The lowest BCUT2D eigenvalue weighted by Crippen LogP contribution is -2.61. The van der Waals surface area contributed by atoms with E-state index < -0.39 is 67.4 Å². The average molecular weight is 1230 g/mol. The predicted octanol–water partition coefficient (Wildman–Crippen LogP) is 19.3. The number of carbonyl (C=O) groups is 2. The van der Waals surface area contributed by atoms with Crippen LogP contribution >= 0.6 is 0 Å². The summed E-state index contributed by atoms with van der Waals surface area (Å²) in [7, 11) is 0. The van der Waals surface area contributed by atoms with Crippen LogP contribution in [-0.2, 0) is 23.8 Å². The van der Waals surface area contributed by atoms with Crippen LogP contribution in [0.2, 0.25) is 0 Å². The first-order valence-electron chi connectivity index (χ1n) is 37.1. The van der Waals surface area contributed by atoms with Gasteiger partial charge >= 0.3 is 5.97 Å². The third kappa shape index (κ3) is 50.7. The number of aliphatic hydroxyl groups is 5. The van der Waals surface area contributed by atoms with Gasteiger partial charge in [0.2, 0.25) is 5.91 Å². The molecule has 1 aliphatic rings. The van der Waals surface area contributed by atoms with Gasteiger partial charge in [0.15, 0.2) is 12.4 Å². The molecular weight excluding hydrogens is 1090 g/mol. The number of aliphatic hydroxyl groups excluding tert-OH is 5. The number of ether oxygens (including phenoxy) is 3. The lowest BCUT2D eigenvalue weighted by Gasteiger charge is -2.41. The number of esters is 1. The minimum Gasteiger partial charge on any atom is -0.454 e.